The van der Waals surface area contributed by atoms with Gasteiger partial charge in [0, 0.05) is 30.4 Å². The Bertz CT molecular complexity index is 767. The first-order valence-corrected chi connectivity index (χ1v) is 7.61. The number of ketones is 1. The number of anilines is 1. The summed E-state index contributed by atoms with van der Waals surface area (Å²) < 4.78 is 0. The molecule has 2 aromatic rings. The fourth-order valence-electron chi connectivity index (χ4n) is 2.38. The van der Waals surface area contributed by atoms with Crippen LogP contribution in [0, 0.1) is 0 Å². The number of hydrogen-bond acceptors (Lipinski definition) is 5. The van der Waals surface area contributed by atoms with Crippen LogP contribution in [0.15, 0.2) is 54.6 Å². The Hall–Kier alpha value is -2.92. The van der Waals surface area contributed by atoms with Crippen LogP contribution in [0.5, 0.6) is 0 Å². The Labute approximate surface area is 141 Å². The predicted molar refractivity (Wildman–Crippen MR) is 96.7 cm³/mol. The molecule has 0 saturated carbocycles. The molecule has 0 fully saturated rings. The van der Waals surface area contributed by atoms with Crippen molar-refractivity contribution in [1.82, 2.24) is 5.01 Å². The van der Waals surface area contributed by atoms with Gasteiger partial charge in [0.1, 0.15) is 0 Å². The number of hydrazine groups is 1. The zero-order valence-corrected chi connectivity index (χ0v) is 13.8. The van der Waals surface area contributed by atoms with Gasteiger partial charge in [-0.2, -0.15) is 0 Å². The molecule has 0 heterocycles. The topological polar surface area (TPSA) is 75.4 Å². The number of nitrogens with zero attached hydrogens (tertiary/aromatic N) is 1. The Morgan fingerprint density at radius 1 is 1.17 bits per heavy atom. The highest BCUT2D eigenvalue weighted by Crippen LogP contribution is 2.18. The van der Waals surface area contributed by atoms with Gasteiger partial charge >= 0.3 is 0 Å². The van der Waals surface area contributed by atoms with Crippen molar-refractivity contribution in [1.29, 1.82) is 0 Å². The highest BCUT2D eigenvalue weighted by atomic mass is 16.1. The fourth-order valence-corrected chi connectivity index (χ4v) is 2.38. The van der Waals surface area contributed by atoms with Crippen LogP contribution in [0.1, 0.15) is 33.2 Å². The van der Waals surface area contributed by atoms with E-state index in [1.54, 1.807) is 19.2 Å². The van der Waals surface area contributed by atoms with Crippen molar-refractivity contribution in [2.24, 2.45) is 5.84 Å². The molecule has 5 nitrogen and oxygen atoms in total. The van der Waals surface area contributed by atoms with E-state index in [1.165, 1.54) is 11.9 Å². The monoisotopic (exact) mass is 323 g/mol. The van der Waals surface area contributed by atoms with Crippen molar-refractivity contribution >= 4 is 23.5 Å². The van der Waals surface area contributed by atoms with E-state index in [0.29, 0.717) is 17.7 Å². The predicted octanol–water partition coefficient (Wildman–Crippen LogP) is 2.96. The normalized spacial score (nSPS) is 11.0. The number of para-hydroxylation sites is 1. The molecule has 0 aliphatic rings. The van der Waals surface area contributed by atoms with Gasteiger partial charge in [0.15, 0.2) is 12.1 Å². The van der Waals surface area contributed by atoms with E-state index >= 15 is 0 Å². The lowest BCUT2D eigenvalue weighted by molar-refractivity contribution is 0.101. The summed E-state index contributed by atoms with van der Waals surface area (Å²) >= 11 is 0. The highest BCUT2D eigenvalue weighted by molar-refractivity contribution is 5.94. The number of benzene rings is 2. The van der Waals surface area contributed by atoms with Crippen LogP contribution in [-0.4, -0.2) is 30.7 Å². The first kappa shape index (κ1) is 17.4. The second kappa shape index (κ2) is 8.08. The van der Waals surface area contributed by atoms with Crippen LogP contribution in [-0.2, 0) is 0 Å². The van der Waals surface area contributed by atoms with Gasteiger partial charge in [0.05, 0.1) is 5.70 Å². The number of hydrogen-bond donors (Lipinski definition) is 2. The molecule has 24 heavy (non-hydrogen) atoms. The van der Waals surface area contributed by atoms with Crippen molar-refractivity contribution in [3.05, 3.63) is 71.3 Å². The maximum Gasteiger partial charge on any atom is 0.159 e. The van der Waals surface area contributed by atoms with Gasteiger partial charge in [-0.15, -0.1) is 0 Å². The zero-order valence-electron chi connectivity index (χ0n) is 13.8. The average molecular weight is 323 g/mol. The van der Waals surface area contributed by atoms with Crippen molar-refractivity contribution in [3.8, 4) is 0 Å². The van der Waals surface area contributed by atoms with Gasteiger partial charge in [0.25, 0.3) is 0 Å². The number of nitrogens with one attached hydrogen (secondary N) is 1. The van der Waals surface area contributed by atoms with Crippen LogP contribution in [0.2, 0.25) is 0 Å². The van der Waals surface area contributed by atoms with Gasteiger partial charge in [-0.1, -0.05) is 30.3 Å². The van der Waals surface area contributed by atoms with Crippen molar-refractivity contribution in [2.75, 3.05) is 18.9 Å². The number of aldehydes is 1. The first-order valence-electron chi connectivity index (χ1n) is 7.61. The Morgan fingerprint density at radius 2 is 1.88 bits per heavy atom. The van der Waals surface area contributed by atoms with Crippen molar-refractivity contribution in [2.45, 2.75) is 6.92 Å². The highest BCUT2D eigenvalue weighted by Gasteiger charge is 2.07. The minimum absolute atomic E-state index is 0.00825. The number of Topliss-reactive ketones (excluding diaryl/α,β-unsaturated/α-hetero) is 1. The Balaban J connectivity index is 2.21. The third kappa shape index (κ3) is 4.30. The van der Waals surface area contributed by atoms with Crippen LogP contribution in [0.4, 0.5) is 5.69 Å². The van der Waals surface area contributed by atoms with E-state index in [4.69, 9.17) is 5.84 Å². The molecule has 0 saturated heterocycles. The third-order valence-electron chi connectivity index (χ3n) is 3.62. The van der Waals surface area contributed by atoms with Crippen LogP contribution < -0.4 is 11.2 Å². The van der Waals surface area contributed by atoms with E-state index in [9.17, 15) is 9.59 Å². The molecule has 5 heteroatoms. The lowest BCUT2D eigenvalue weighted by Gasteiger charge is -2.18. The molecule has 3 N–H and O–H groups in total. The number of rotatable bonds is 7. The second-order valence-corrected chi connectivity index (χ2v) is 5.42. The molecule has 0 radical (unpaired) electrons. The Morgan fingerprint density at radius 3 is 2.54 bits per heavy atom. The Kier molecular flexibility index (Phi) is 5.87. The zero-order chi connectivity index (χ0) is 17.5. The van der Waals surface area contributed by atoms with Gasteiger partial charge in [-0.25, -0.2) is 5.84 Å². The summed E-state index contributed by atoms with van der Waals surface area (Å²) in [5.41, 5.74) is 3.65. The standard InChI is InChI=1S/C19H21N3O2/c1-14(24)15-7-5-8-16(12-15)19(22(2)20)10-11-21-18-9-4-3-6-17(18)13-23/h3-10,12-13,21H,11,20H2,1-2H3/b19-10-. The summed E-state index contributed by atoms with van der Waals surface area (Å²) in [7, 11) is 1.74. The average Bonchev–Trinajstić information content (AvgIpc) is 2.58. The summed E-state index contributed by atoms with van der Waals surface area (Å²) in [5.74, 6) is 5.93. The first-order chi connectivity index (χ1) is 11.5. The fraction of sp³-hybridized carbons (Fsp3) is 0.158. The van der Waals surface area contributed by atoms with E-state index < -0.39 is 0 Å². The van der Waals surface area contributed by atoms with E-state index in [1.807, 2.05) is 42.5 Å². The minimum Gasteiger partial charge on any atom is -0.381 e. The van der Waals surface area contributed by atoms with E-state index in [2.05, 4.69) is 5.32 Å². The number of nitrogens with two attached hydrogens (primary N) is 1. The number of carbonyl (C=O) groups excluding carboxylic acids is 2. The van der Waals surface area contributed by atoms with Gasteiger partial charge < -0.3 is 10.3 Å². The van der Waals surface area contributed by atoms with Crippen molar-refractivity contribution in [3.63, 3.8) is 0 Å². The molecule has 2 rings (SSSR count). The molecule has 0 amide bonds. The molecular weight excluding hydrogens is 302 g/mol. The SMILES string of the molecule is CC(=O)c1cccc(/C(=C/CNc2ccccc2C=O)N(C)N)c1. The maximum absolute atomic E-state index is 11.5. The number of carbonyl (C=O) groups is 2. The van der Waals surface area contributed by atoms with Crippen LogP contribution in [0.25, 0.3) is 5.70 Å². The minimum atomic E-state index is 0.00825. The smallest absolute Gasteiger partial charge is 0.159 e. The van der Waals surface area contributed by atoms with Gasteiger partial charge in [-0.05, 0) is 36.8 Å². The molecule has 0 bridgehead atoms. The third-order valence-corrected chi connectivity index (χ3v) is 3.62. The van der Waals surface area contributed by atoms with Gasteiger partial charge in [0.2, 0.25) is 0 Å². The second-order valence-electron chi connectivity index (χ2n) is 5.42. The summed E-state index contributed by atoms with van der Waals surface area (Å²) in [6.45, 7) is 2.03. The van der Waals surface area contributed by atoms with E-state index in [0.717, 1.165) is 23.2 Å². The summed E-state index contributed by atoms with van der Waals surface area (Å²) in [6.07, 6.45) is 2.74. The molecule has 0 aromatic heterocycles. The molecule has 0 unspecified atom stereocenters. The lowest BCUT2D eigenvalue weighted by Crippen LogP contribution is -2.25. The molecule has 0 atom stereocenters. The maximum atomic E-state index is 11.5. The molecule has 2 aromatic carbocycles. The largest absolute Gasteiger partial charge is 0.381 e. The van der Waals surface area contributed by atoms with Gasteiger partial charge in [-0.3, -0.25) is 9.59 Å². The molecule has 0 spiro atoms. The summed E-state index contributed by atoms with van der Waals surface area (Å²) in [4.78, 5) is 22.6. The molecule has 0 aliphatic carbocycles. The summed E-state index contributed by atoms with van der Waals surface area (Å²) in [6, 6.07) is 14.6. The van der Waals surface area contributed by atoms with Crippen molar-refractivity contribution < 1.29 is 9.59 Å². The van der Waals surface area contributed by atoms with Crippen LogP contribution in [0.3, 0.4) is 0 Å². The lowest BCUT2D eigenvalue weighted by atomic mass is 10.1. The molecular formula is C19H21N3O2. The van der Waals surface area contributed by atoms with E-state index in [-0.39, 0.29) is 5.78 Å². The molecule has 124 valence electrons. The van der Waals surface area contributed by atoms with Crippen LogP contribution >= 0.6 is 0 Å². The quantitative estimate of drug-likeness (QED) is 0.355. The summed E-state index contributed by atoms with van der Waals surface area (Å²) in [5, 5.41) is 4.71. The molecule has 0 aliphatic heterocycles.